The zero-order valence-corrected chi connectivity index (χ0v) is 8.62. The van der Waals surface area contributed by atoms with Gasteiger partial charge in [0.15, 0.2) is 0 Å². The van der Waals surface area contributed by atoms with E-state index in [2.05, 4.69) is 12.3 Å². The van der Waals surface area contributed by atoms with E-state index in [9.17, 15) is 0 Å². The number of hydrogen-bond donors (Lipinski definition) is 2. The van der Waals surface area contributed by atoms with Gasteiger partial charge in [0, 0.05) is 0 Å². The Balaban J connectivity index is 2.20. The second-order valence-corrected chi connectivity index (χ2v) is 4.48. The number of rotatable bonds is 3. The van der Waals surface area contributed by atoms with Crippen molar-refractivity contribution in [3.8, 4) is 0 Å². The molecule has 3 N–H and O–H groups in total. The van der Waals surface area contributed by atoms with Crippen LogP contribution in [0.1, 0.15) is 44.4 Å². The van der Waals surface area contributed by atoms with Crippen molar-refractivity contribution in [2.45, 2.75) is 38.6 Å². The Kier molecular flexibility index (Phi) is 2.61. The molecule has 1 aliphatic carbocycles. The van der Waals surface area contributed by atoms with Gasteiger partial charge in [0.25, 0.3) is 0 Å². The van der Waals surface area contributed by atoms with E-state index in [1.165, 1.54) is 25.7 Å². The lowest BCUT2D eigenvalue weighted by molar-refractivity contribution is 0.198. The van der Waals surface area contributed by atoms with Crippen molar-refractivity contribution >= 4 is 0 Å². The monoisotopic (exact) mass is 194 g/mol. The molecule has 78 valence electrons. The molecule has 1 heterocycles. The van der Waals surface area contributed by atoms with E-state index in [4.69, 9.17) is 10.3 Å². The summed E-state index contributed by atoms with van der Waals surface area (Å²) in [5.74, 6) is 6.57. The summed E-state index contributed by atoms with van der Waals surface area (Å²) in [4.78, 5) is 0. The molecule has 14 heavy (non-hydrogen) atoms. The molecule has 0 amide bonds. The lowest BCUT2D eigenvalue weighted by Gasteiger charge is -2.31. The van der Waals surface area contributed by atoms with E-state index < -0.39 is 0 Å². The van der Waals surface area contributed by atoms with Crippen molar-refractivity contribution in [1.29, 1.82) is 0 Å². The van der Waals surface area contributed by atoms with Gasteiger partial charge >= 0.3 is 0 Å². The van der Waals surface area contributed by atoms with Crippen LogP contribution in [0.15, 0.2) is 22.8 Å². The lowest BCUT2D eigenvalue weighted by Crippen LogP contribution is -2.38. The Morgan fingerprint density at radius 2 is 2.21 bits per heavy atom. The van der Waals surface area contributed by atoms with Gasteiger partial charge in [-0.05, 0) is 30.4 Å². The number of nitrogens with two attached hydrogens (primary N) is 1. The molecule has 3 nitrogen and oxygen atoms in total. The minimum absolute atomic E-state index is 0.153. The van der Waals surface area contributed by atoms with Gasteiger partial charge in [-0.3, -0.25) is 5.84 Å². The molecular weight excluding hydrogens is 176 g/mol. The molecule has 1 fully saturated rings. The number of hydrazine groups is 1. The maximum Gasteiger partial charge on any atom is 0.122 e. The van der Waals surface area contributed by atoms with Crippen LogP contribution in [0.2, 0.25) is 0 Å². The van der Waals surface area contributed by atoms with E-state index in [0.717, 1.165) is 5.76 Å². The molecule has 3 heteroatoms. The van der Waals surface area contributed by atoms with Gasteiger partial charge in [0.05, 0.1) is 12.3 Å². The summed E-state index contributed by atoms with van der Waals surface area (Å²) in [6.07, 6.45) is 6.76. The average molecular weight is 194 g/mol. The minimum atomic E-state index is 0.153. The molecule has 0 saturated heterocycles. The summed E-state index contributed by atoms with van der Waals surface area (Å²) < 4.78 is 5.42. The zero-order chi connectivity index (χ0) is 10.0. The van der Waals surface area contributed by atoms with Crippen LogP contribution in [-0.2, 0) is 0 Å². The third-order valence-corrected chi connectivity index (χ3v) is 3.44. The number of furan rings is 1. The summed E-state index contributed by atoms with van der Waals surface area (Å²) in [7, 11) is 0. The highest BCUT2D eigenvalue weighted by Gasteiger charge is 2.38. The van der Waals surface area contributed by atoms with Crippen molar-refractivity contribution in [2.75, 3.05) is 0 Å². The Labute approximate surface area is 84.6 Å². The van der Waals surface area contributed by atoms with E-state index >= 15 is 0 Å². The van der Waals surface area contributed by atoms with Crippen LogP contribution < -0.4 is 11.3 Å². The zero-order valence-electron chi connectivity index (χ0n) is 8.62. The number of nitrogens with one attached hydrogen (secondary N) is 1. The Morgan fingerprint density at radius 3 is 2.71 bits per heavy atom. The van der Waals surface area contributed by atoms with Gasteiger partial charge in [-0.1, -0.05) is 19.8 Å². The van der Waals surface area contributed by atoms with E-state index in [1.807, 2.05) is 12.1 Å². The van der Waals surface area contributed by atoms with E-state index in [0.29, 0.717) is 0 Å². The van der Waals surface area contributed by atoms with E-state index in [-0.39, 0.29) is 11.5 Å². The summed E-state index contributed by atoms with van der Waals surface area (Å²) in [6, 6.07) is 4.06. The molecule has 1 saturated carbocycles. The van der Waals surface area contributed by atoms with Gasteiger partial charge in [-0.15, -0.1) is 0 Å². The third-order valence-electron chi connectivity index (χ3n) is 3.44. The predicted molar refractivity (Wildman–Crippen MR) is 55.3 cm³/mol. The molecule has 0 radical (unpaired) electrons. The summed E-state index contributed by atoms with van der Waals surface area (Å²) in [6.45, 7) is 2.28. The first-order valence-corrected chi connectivity index (χ1v) is 5.26. The summed E-state index contributed by atoms with van der Waals surface area (Å²) in [5, 5.41) is 0. The highest BCUT2D eigenvalue weighted by Crippen LogP contribution is 2.46. The van der Waals surface area contributed by atoms with Gasteiger partial charge in [-0.2, -0.15) is 0 Å². The molecule has 0 aliphatic heterocycles. The van der Waals surface area contributed by atoms with Crippen molar-refractivity contribution < 1.29 is 4.42 Å². The maximum absolute atomic E-state index is 5.62. The molecule has 1 atom stereocenters. The quantitative estimate of drug-likeness (QED) is 0.573. The van der Waals surface area contributed by atoms with Crippen LogP contribution in [-0.4, -0.2) is 0 Å². The Bertz CT molecular complexity index is 275. The summed E-state index contributed by atoms with van der Waals surface area (Å²) >= 11 is 0. The first kappa shape index (κ1) is 9.74. The summed E-state index contributed by atoms with van der Waals surface area (Å²) in [5.41, 5.74) is 3.15. The molecule has 2 rings (SSSR count). The normalized spacial score (nSPS) is 22.4. The SMILES string of the molecule is CC1(C(NN)c2ccco2)CCCC1. The van der Waals surface area contributed by atoms with Crippen LogP contribution >= 0.6 is 0 Å². The van der Waals surface area contributed by atoms with Gasteiger partial charge in [0.1, 0.15) is 5.76 Å². The lowest BCUT2D eigenvalue weighted by atomic mass is 9.80. The molecule has 1 aromatic rings. The molecule has 0 spiro atoms. The highest BCUT2D eigenvalue weighted by molar-refractivity contribution is 5.09. The standard InChI is InChI=1S/C11H18N2O/c1-11(6-2-3-7-11)10(13-12)9-5-4-8-14-9/h4-5,8,10,13H,2-3,6-7,12H2,1H3. The minimum Gasteiger partial charge on any atom is -0.468 e. The Morgan fingerprint density at radius 1 is 1.50 bits per heavy atom. The first-order valence-electron chi connectivity index (χ1n) is 5.26. The van der Waals surface area contributed by atoms with Crippen molar-refractivity contribution in [2.24, 2.45) is 11.3 Å². The fourth-order valence-electron chi connectivity index (χ4n) is 2.55. The fourth-order valence-corrected chi connectivity index (χ4v) is 2.55. The fraction of sp³-hybridized carbons (Fsp3) is 0.636. The van der Waals surface area contributed by atoms with Crippen molar-refractivity contribution in [1.82, 2.24) is 5.43 Å². The first-order chi connectivity index (χ1) is 6.76. The molecule has 1 aliphatic rings. The number of hydrogen-bond acceptors (Lipinski definition) is 3. The van der Waals surface area contributed by atoms with Gasteiger partial charge in [-0.25, -0.2) is 5.43 Å². The predicted octanol–water partition coefficient (Wildman–Crippen LogP) is 2.36. The van der Waals surface area contributed by atoms with Gasteiger partial charge < -0.3 is 4.42 Å². The Hall–Kier alpha value is -0.800. The van der Waals surface area contributed by atoms with E-state index in [1.54, 1.807) is 6.26 Å². The largest absolute Gasteiger partial charge is 0.468 e. The maximum atomic E-state index is 5.62. The van der Waals surface area contributed by atoms with Crippen LogP contribution in [0, 0.1) is 5.41 Å². The van der Waals surface area contributed by atoms with Crippen LogP contribution in [0.3, 0.4) is 0 Å². The third kappa shape index (κ3) is 1.57. The second-order valence-electron chi connectivity index (χ2n) is 4.48. The van der Waals surface area contributed by atoms with Crippen LogP contribution in [0.4, 0.5) is 0 Å². The topological polar surface area (TPSA) is 51.2 Å². The van der Waals surface area contributed by atoms with Crippen molar-refractivity contribution in [3.63, 3.8) is 0 Å². The smallest absolute Gasteiger partial charge is 0.122 e. The molecule has 0 bridgehead atoms. The molecular formula is C11H18N2O. The van der Waals surface area contributed by atoms with Crippen LogP contribution in [0.25, 0.3) is 0 Å². The molecule has 1 aromatic heterocycles. The molecule has 0 aromatic carbocycles. The second kappa shape index (κ2) is 3.75. The molecule has 1 unspecified atom stereocenters. The van der Waals surface area contributed by atoms with Gasteiger partial charge in [0.2, 0.25) is 0 Å². The highest BCUT2D eigenvalue weighted by atomic mass is 16.3. The van der Waals surface area contributed by atoms with Crippen LogP contribution in [0.5, 0.6) is 0 Å². The van der Waals surface area contributed by atoms with Crippen molar-refractivity contribution in [3.05, 3.63) is 24.2 Å². The average Bonchev–Trinajstić information content (AvgIpc) is 2.78.